The van der Waals surface area contributed by atoms with Crippen molar-refractivity contribution in [2.45, 2.75) is 53.5 Å². The molecule has 0 aliphatic heterocycles. The van der Waals surface area contributed by atoms with E-state index in [2.05, 4.69) is 60.2 Å². The van der Waals surface area contributed by atoms with E-state index in [1.807, 2.05) is 32.0 Å². The van der Waals surface area contributed by atoms with Crippen LogP contribution in [0.2, 0.25) is 0 Å². The Morgan fingerprint density at radius 1 is 1.15 bits per heavy atom. The van der Waals surface area contributed by atoms with Gasteiger partial charge in [0.25, 0.3) is 0 Å². The Morgan fingerprint density at radius 3 is 2.35 bits per heavy atom. The molecule has 8 nitrogen and oxygen atoms in total. The topological polar surface area (TPSA) is 94.4 Å². The Bertz CT molecular complexity index is 1010. The van der Waals surface area contributed by atoms with Crippen molar-refractivity contribution in [2.75, 3.05) is 38.9 Å². The number of nitrogens with zero attached hydrogens (tertiary/aromatic N) is 5. The Kier molecular flexibility index (Phi) is 9.14. The van der Waals surface area contributed by atoms with Crippen LogP contribution in [0, 0.1) is 23.7 Å². The maximum absolute atomic E-state index is 13.5. The molecule has 2 rings (SSSR count). The average molecular weight is 467 g/mol. The van der Waals surface area contributed by atoms with E-state index in [0.29, 0.717) is 24.7 Å². The van der Waals surface area contributed by atoms with Crippen molar-refractivity contribution in [2.24, 2.45) is 5.41 Å². The number of carbonyl (C=O) groups is 1. The normalized spacial score (nSPS) is 11.9. The van der Waals surface area contributed by atoms with Gasteiger partial charge in [-0.1, -0.05) is 45.0 Å². The summed E-state index contributed by atoms with van der Waals surface area (Å²) in [6.45, 7) is 14.7. The van der Waals surface area contributed by atoms with Crippen LogP contribution in [0.25, 0.3) is 0 Å². The summed E-state index contributed by atoms with van der Waals surface area (Å²) in [6, 6.07) is 11.9. The molecule has 1 aromatic heterocycles. The highest BCUT2D eigenvalue weighted by atomic mass is 16.5. The summed E-state index contributed by atoms with van der Waals surface area (Å²) >= 11 is 0. The number of hydrogen-bond acceptors (Lipinski definition) is 7. The molecule has 1 amide bonds. The Balaban J connectivity index is 2.23. The first-order valence-electron chi connectivity index (χ1n) is 11.5. The molecule has 0 unspecified atom stereocenters. The number of methoxy groups -OCH3 is 1. The third-order valence-electron chi connectivity index (χ3n) is 5.46. The van der Waals surface area contributed by atoms with Crippen LogP contribution in [-0.2, 0) is 21.5 Å². The van der Waals surface area contributed by atoms with E-state index < -0.39 is 5.41 Å². The number of benzene rings is 1. The maximum atomic E-state index is 13.5. The minimum Gasteiger partial charge on any atom is -0.383 e. The Morgan fingerprint density at radius 2 is 1.79 bits per heavy atom. The molecule has 0 bridgehead atoms. The molecule has 1 N–H and O–H groups in total. The molecule has 0 spiro atoms. The zero-order valence-electron chi connectivity index (χ0n) is 21.8. The molecule has 0 aliphatic rings. The van der Waals surface area contributed by atoms with Crippen molar-refractivity contribution in [3.05, 3.63) is 53.0 Å². The molecule has 8 heteroatoms. The molecule has 1 aromatic carbocycles. The lowest BCUT2D eigenvalue weighted by atomic mass is 9.83. The van der Waals surface area contributed by atoms with Gasteiger partial charge in [-0.05, 0) is 44.4 Å². The number of aromatic nitrogens is 2. The van der Waals surface area contributed by atoms with E-state index in [1.54, 1.807) is 25.1 Å². The number of hydrogen-bond donors (Lipinski definition) is 1. The van der Waals surface area contributed by atoms with Gasteiger partial charge in [-0.25, -0.2) is 4.98 Å². The quantitative estimate of drug-likeness (QED) is 0.535. The van der Waals surface area contributed by atoms with Crippen LogP contribution in [0.1, 0.15) is 57.3 Å². The number of likely N-dealkylation sites (N-methyl/N-ethyl adjacent to an activating group) is 1. The monoisotopic (exact) mass is 466 g/mol. The third kappa shape index (κ3) is 7.79. The number of aryl methyl sites for hydroxylation is 1. The highest BCUT2D eigenvalue weighted by Crippen LogP contribution is 2.26. The summed E-state index contributed by atoms with van der Waals surface area (Å²) in [5, 5.41) is 11.0. The molecule has 0 saturated heterocycles. The molecule has 34 heavy (non-hydrogen) atoms. The second-order valence-electron chi connectivity index (χ2n) is 10.4. The van der Waals surface area contributed by atoms with Crippen LogP contribution in [0.4, 0.5) is 5.82 Å². The number of nitriles is 1. The van der Waals surface area contributed by atoms with Gasteiger partial charge in [0.05, 0.1) is 12.0 Å². The average Bonchev–Trinajstić information content (AvgIpc) is 2.76. The highest BCUT2D eigenvalue weighted by molar-refractivity contribution is 5.88. The van der Waals surface area contributed by atoms with Crippen LogP contribution in [0.5, 0.6) is 0 Å². The van der Waals surface area contributed by atoms with E-state index in [-0.39, 0.29) is 17.1 Å². The van der Waals surface area contributed by atoms with Gasteiger partial charge in [0.1, 0.15) is 6.07 Å². The second-order valence-corrected chi connectivity index (χ2v) is 10.4. The van der Waals surface area contributed by atoms with Gasteiger partial charge in [-0.3, -0.25) is 20.1 Å². The van der Waals surface area contributed by atoms with E-state index in [9.17, 15) is 10.1 Å². The minimum absolute atomic E-state index is 0.0773. The first kappa shape index (κ1) is 27.2. The van der Waals surface area contributed by atoms with Gasteiger partial charge < -0.3 is 4.74 Å². The van der Waals surface area contributed by atoms with E-state index >= 15 is 0 Å². The van der Waals surface area contributed by atoms with Gasteiger partial charge in [0.15, 0.2) is 5.82 Å². The van der Waals surface area contributed by atoms with Crippen molar-refractivity contribution in [1.29, 1.82) is 5.26 Å². The standard InChI is InChI=1S/C26H38N6O2/c1-19-15-23(29-22(16-27)28-19)32(18-25(2,3)4)30-24(33)26(5,6)21-11-9-20(10-12-21)17-31(7)13-14-34-8/h9-12,15H,13-14,17-18H2,1-8H3,(H,30,33). The first-order valence-corrected chi connectivity index (χ1v) is 11.5. The molecule has 0 saturated carbocycles. The number of ether oxygens (including phenoxy) is 1. The molecule has 1 heterocycles. The Labute approximate surface area is 203 Å². The van der Waals surface area contributed by atoms with Crippen LogP contribution >= 0.6 is 0 Å². The fourth-order valence-electron chi connectivity index (χ4n) is 3.45. The second kappa shape index (κ2) is 11.4. The summed E-state index contributed by atoms with van der Waals surface area (Å²) in [7, 11) is 3.76. The number of anilines is 1. The van der Waals surface area contributed by atoms with Gasteiger partial charge in [0, 0.05) is 38.5 Å². The van der Waals surface area contributed by atoms with Crippen molar-refractivity contribution < 1.29 is 9.53 Å². The predicted octanol–water partition coefficient (Wildman–Crippen LogP) is 3.60. The molecular formula is C26H38N6O2. The zero-order chi connectivity index (χ0) is 25.5. The summed E-state index contributed by atoms with van der Waals surface area (Å²) in [6.07, 6.45) is 0. The number of amides is 1. The smallest absolute Gasteiger partial charge is 0.248 e. The van der Waals surface area contributed by atoms with Gasteiger partial charge >= 0.3 is 0 Å². The lowest BCUT2D eigenvalue weighted by Crippen LogP contribution is -2.52. The number of nitrogens with one attached hydrogen (secondary N) is 1. The Hall–Kier alpha value is -3.02. The molecule has 184 valence electrons. The van der Waals surface area contributed by atoms with Crippen LogP contribution in [0.15, 0.2) is 30.3 Å². The fraction of sp³-hybridized carbons (Fsp3) is 0.538. The molecule has 0 atom stereocenters. The molecular weight excluding hydrogens is 428 g/mol. The fourth-order valence-corrected chi connectivity index (χ4v) is 3.45. The van der Waals surface area contributed by atoms with E-state index in [0.717, 1.165) is 18.7 Å². The van der Waals surface area contributed by atoms with Gasteiger partial charge in [-0.15, -0.1) is 0 Å². The minimum atomic E-state index is -0.781. The van der Waals surface area contributed by atoms with E-state index in [1.165, 1.54) is 5.56 Å². The van der Waals surface area contributed by atoms with Crippen LogP contribution in [-0.4, -0.2) is 54.6 Å². The van der Waals surface area contributed by atoms with Gasteiger partial charge in [-0.2, -0.15) is 10.2 Å². The lowest BCUT2D eigenvalue weighted by Gasteiger charge is -2.34. The highest BCUT2D eigenvalue weighted by Gasteiger charge is 2.32. The lowest BCUT2D eigenvalue weighted by molar-refractivity contribution is -0.125. The maximum Gasteiger partial charge on any atom is 0.248 e. The van der Waals surface area contributed by atoms with E-state index in [4.69, 9.17) is 4.74 Å². The molecule has 2 aromatic rings. The van der Waals surface area contributed by atoms with Crippen molar-refractivity contribution in [1.82, 2.24) is 20.3 Å². The van der Waals surface area contributed by atoms with Crippen LogP contribution in [0.3, 0.4) is 0 Å². The summed E-state index contributed by atoms with van der Waals surface area (Å²) in [5.41, 5.74) is 4.90. The molecule has 0 fully saturated rings. The number of carbonyl (C=O) groups excluding carboxylic acids is 1. The SMILES string of the molecule is COCCN(C)Cc1ccc(C(C)(C)C(=O)NN(CC(C)(C)C)c2cc(C)nc(C#N)n2)cc1. The summed E-state index contributed by atoms with van der Waals surface area (Å²) in [5.74, 6) is 0.419. The molecule has 0 radical (unpaired) electrons. The van der Waals surface area contributed by atoms with Crippen LogP contribution < -0.4 is 10.4 Å². The predicted molar refractivity (Wildman–Crippen MR) is 134 cm³/mol. The van der Waals surface area contributed by atoms with Crippen molar-refractivity contribution in [3.8, 4) is 6.07 Å². The van der Waals surface area contributed by atoms with Crippen molar-refractivity contribution in [3.63, 3.8) is 0 Å². The largest absolute Gasteiger partial charge is 0.383 e. The van der Waals surface area contributed by atoms with Gasteiger partial charge in [0.2, 0.25) is 11.7 Å². The number of hydrazine groups is 1. The first-order chi connectivity index (χ1) is 15.9. The third-order valence-corrected chi connectivity index (χ3v) is 5.46. The summed E-state index contributed by atoms with van der Waals surface area (Å²) in [4.78, 5) is 24.1. The van der Waals surface area contributed by atoms with Crippen molar-refractivity contribution >= 4 is 11.7 Å². The zero-order valence-corrected chi connectivity index (χ0v) is 21.8. The molecule has 0 aliphatic carbocycles. The summed E-state index contributed by atoms with van der Waals surface area (Å²) < 4.78 is 5.14. The number of rotatable bonds is 10.